The minimum Gasteiger partial charge on any atom is -0.298 e. The molecule has 2 heterocycles. The first kappa shape index (κ1) is 24.2. The average Bonchev–Trinajstić information content (AvgIpc) is 3.33. The standard InChI is InChI=1S/C27H26ClFN2O2S/c1-18-7-6-9-20(13-18)27(2,3)14-21(32)16-30-17-23(24-11-12-25(28)34-24)31(26(30)33)15-19-8-4-5-10-22(19)29/h4-13,17H,14-16H2,1-3H3. The number of hydrogen-bond donors (Lipinski definition) is 0. The van der Waals surface area contributed by atoms with Crippen molar-refractivity contribution in [2.75, 3.05) is 0 Å². The molecule has 0 radical (unpaired) electrons. The fourth-order valence-electron chi connectivity index (χ4n) is 4.15. The molecular weight excluding hydrogens is 471 g/mol. The highest BCUT2D eigenvalue weighted by molar-refractivity contribution is 7.19. The molecule has 4 rings (SSSR count). The smallest absolute Gasteiger partial charge is 0.298 e. The Bertz CT molecular complexity index is 1400. The minimum atomic E-state index is -0.381. The number of halogens is 2. The van der Waals surface area contributed by atoms with Crippen LogP contribution in [0.15, 0.2) is 71.7 Å². The molecule has 0 aliphatic carbocycles. The van der Waals surface area contributed by atoms with E-state index >= 15 is 0 Å². The zero-order valence-corrected chi connectivity index (χ0v) is 20.9. The predicted molar refractivity (Wildman–Crippen MR) is 136 cm³/mol. The van der Waals surface area contributed by atoms with Crippen LogP contribution in [0.1, 0.15) is 37.0 Å². The number of thiophene rings is 1. The number of ketones is 1. The van der Waals surface area contributed by atoms with Crippen molar-refractivity contribution in [1.82, 2.24) is 9.13 Å². The van der Waals surface area contributed by atoms with Crippen LogP contribution < -0.4 is 5.69 Å². The van der Waals surface area contributed by atoms with Crippen LogP contribution in [0.3, 0.4) is 0 Å². The molecule has 0 fully saturated rings. The summed E-state index contributed by atoms with van der Waals surface area (Å²) in [5.41, 5.74) is 2.50. The maximum atomic E-state index is 14.3. The predicted octanol–water partition coefficient (Wildman–Crippen LogP) is 6.46. The van der Waals surface area contributed by atoms with E-state index in [-0.39, 0.29) is 35.8 Å². The van der Waals surface area contributed by atoms with Gasteiger partial charge in [-0.25, -0.2) is 9.18 Å². The van der Waals surface area contributed by atoms with Gasteiger partial charge in [0.15, 0.2) is 5.78 Å². The molecule has 4 nitrogen and oxygen atoms in total. The quantitative estimate of drug-likeness (QED) is 0.281. The normalized spacial score (nSPS) is 11.7. The molecule has 176 valence electrons. The summed E-state index contributed by atoms with van der Waals surface area (Å²) in [5, 5.41) is 0. The zero-order valence-electron chi connectivity index (χ0n) is 19.3. The van der Waals surface area contributed by atoms with Gasteiger partial charge in [0.2, 0.25) is 0 Å². The van der Waals surface area contributed by atoms with E-state index in [9.17, 15) is 14.0 Å². The van der Waals surface area contributed by atoms with Gasteiger partial charge in [-0.15, -0.1) is 11.3 Å². The number of aromatic nitrogens is 2. The number of Topliss-reactive ketones (excluding diaryl/α,β-unsaturated/α-hetero) is 1. The van der Waals surface area contributed by atoms with Crippen LogP contribution in [-0.2, 0) is 23.3 Å². The largest absolute Gasteiger partial charge is 0.329 e. The van der Waals surface area contributed by atoms with Gasteiger partial charge in [0.05, 0.1) is 28.0 Å². The Morgan fingerprint density at radius 2 is 1.85 bits per heavy atom. The molecule has 0 saturated heterocycles. The van der Waals surface area contributed by atoms with Gasteiger partial charge in [-0.3, -0.25) is 13.9 Å². The van der Waals surface area contributed by atoms with Crippen molar-refractivity contribution in [3.63, 3.8) is 0 Å². The lowest BCUT2D eigenvalue weighted by Crippen LogP contribution is -2.30. The Kier molecular flexibility index (Phi) is 6.91. The van der Waals surface area contributed by atoms with E-state index in [0.29, 0.717) is 22.0 Å². The van der Waals surface area contributed by atoms with E-state index in [1.54, 1.807) is 30.5 Å². The number of aryl methyl sites for hydroxylation is 1. The molecule has 0 bridgehead atoms. The lowest BCUT2D eigenvalue weighted by molar-refractivity contribution is -0.120. The van der Waals surface area contributed by atoms with Gasteiger partial charge in [-0.05, 0) is 36.1 Å². The summed E-state index contributed by atoms with van der Waals surface area (Å²) >= 11 is 7.46. The van der Waals surface area contributed by atoms with Crippen molar-refractivity contribution < 1.29 is 9.18 Å². The molecule has 0 aliphatic heterocycles. The van der Waals surface area contributed by atoms with Crippen LogP contribution in [0.5, 0.6) is 0 Å². The molecule has 0 amide bonds. The molecule has 2 aromatic heterocycles. The van der Waals surface area contributed by atoms with Crippen LogP contribution in [0, 0.1) is 12.7 Å². The van der Waals surface area contributed by atoms with Gasteiger partial charge in [0.25, 0.3) is 0 Å². The van der Waals surface area contributed by atoms with Crippen molar-refractivity contribution in [1.29, 1.82) is 0 Å². The van der Waals surface area contributed by atoms with Gasteiger partial charge in [-0.1, -0.05) is 73.5 Å². The SMILES string of the molecule is Cc1cccc(C(C)(C)CC(=O)Cn2cc(-c3ccc(Cl)s3)n(Cc3ccccc3F)c2=O)c1. The van der Waals surface area contributed by atoms with Crippen LogP contribution in [0.4, 0.5) is 4.39 Å². The molecule has 0 saturated carbocycles. The second-order valence-corrected chi connectivity index (χ2v) is 10.9. The monoisotopic (exact) mass is 496 g/mol. The van der Waals surface area contributed by atoms with Crippen molar-refractivity contribution in [3.05, 3.63) is 104 Å². The first-order valence-electron chi connectivity index (χ1n) is 11.0. The first-order valence-corrected chi connectivity index (χ1v) is 12.2. The Hall–Kier alpha value is -2.96. The number of benzene rings is 2. The molecule has 0 N–H and O–H groups in total. The van der Waals surface area contributed by atoms with Crippen molar-refractivity contribution in [2.24, 2.45) is 0 Å². The number of imidazole rings is 1. The average molecular weight is 497 g/mol. The Morgan fingerprint density at radius 1 is 1.09 bits per heavy atom. The molecule has 4 aromatic rings. The lowest BCUT2D eigenvalue weighted by Gasteiger charge is -2.25. The van der Waals surface area contributed by atoms with E-state index < -0.39 is 0 Å². The maximum absolute atomic E-state index is 14.3. The topological polar surface area (TPSA) is 44.0 Å². The third-order valence-electron chi connectivity index (χ3n) is 5.94. The third kappa shape index (κ3) is 5.24. The van der Waals surface area contributed by atoms with Crippen molar-refractivity contribution >= 4 is 28.7 Å². The number of hydrogen-bond acceptors (Lipinski definition) is 3. The summed E-state index contributed by atoms with van der Waals surface area (Å²) in [4.78, 5) is 27.2. The van der Waals surface area contributed by atoms with Crippen molar-refractivity contribution in [3.8, 4) is 10.6 Å². The van der Waals surface area contributed by atoms with Gasteiger partial charge >= 0.3 is 5.69 Å². The van der Waals surface area contributed by atoms with E-state index in [1.807, 2.05) is 45.0 Å². The highest BCUT2D eigenvalue weighted by atomic mass is 35.5. The molecule has 2 aromatic carbocycles. The van der Waals surface area contributed by atoms with Crippen molar-refractivity contribution in [2.45, 2.75) is 45.7 Å². The molecule has 0 spiro atoms. The second-order valence-electron chi connectivity index (χ2n) is 9.17. The summed E-state index contributed by atoms with van der Waals surface area (Å²) in [5.74, 6) is -0.430. The summed E-state index contributed by atoms with van der Waals surface area (Å²) in [6.07, 6.45) is 1.96. The summed E-state index contributed by atoms with van der Waals surface area (Å²) in [6, 6.07) is 18.1. The number of nitrogens with zero attached hydrogens (tertiary/aromatic N) is 2. The zero-order chi connectivity index (χ0) is 24.5. The molecular formula is C27H26ClFN2O2S. The van der Waals surface area contributed by atoms with Crippen LogP contribution in [-0.4, -0.2) is 14.9 Å². The van der Waals surface area contributed by atoms with Gasteiger partial charge in [-0.2, -0.15) is 0 Å². The minimum absolute atomic E-state index is 0.0487. The summed E-state index contributed by atoms with van der Waals surface area (Å²) in [7, 11) is 0. The molecule has 0 atom stereocenters. The van der Waals surface area contributed by atoms with E-state index in [0.717, 1.165) is 16.0 Å². The Balaban J connectivity index is 1.64. The number of rotatable bonds is 8. The molecule has 34 heavy (non-hydrogen) atoms. The van der Waals surface area contributed by atoms with Gasteiger partial charge in [0, 0.05) is 18.2 Å². The van der Waals surface area contributed by atoms with Gasteiger partial charge < -0.3 is 0 Å². The molecule has 7 heteroatoms. The van der Waals surface area contributed by atoms with Crippen LogP contribution >= 0.6 is 22.9 Å². The maximum Gasteiger partial charge on any atom is 0.329 e. The summed E-state index contributed by atoms with van der Waals surface area (Å²) in [6.45, 7) is 6.10. The van der Waals surface area contributed by atoms with Crippen LogP contribution in [0.25, 0.3) is 10.6 Å². The first-order chi connectivity index (χ1) is 16.1. The molecule has 0 aliphatic rings. The molecule has 0 unspecified atom stereocenters. The highest BCUT2D eigenvalue weighted by Gasteiger charge is 2.25. The number of carbonyl (C=O) groups is 1. The van der Waals surface area contributed by atoms with E-state index in [1.165, 1.54) is 26.5 Å². The second kappa shape index (κ2) is 9.72. The van der Waals surface area contributed by atoms with E-state index in [4.69, 9.17) is 11.6 Å². The fraction of sp³-hybridized carbons (Fsp3) is 0.259. The summed E-state index contributed by atoms with van der Waals surface area (Å²) < 4.78 is 17.8. The van der Waals surface area contributed by atoms with Crippen LogP contribution in [0.2, 0.25) is 4.34 Å². The number of carbonyl (C=O) groups excluding carboxylic acids is 1. The highest BCUT2D eigenvalue weighted by Crippen LogP contribution is 2.31. The van der Waals surface area contributed by atoms with E-state index in [2.05, 4.69) is 6.07 Å². The Morgan fingerprint density at radius 3 is 2.53 bits per heavy atom. The third-order valence-corrected chi connectivity index (χ3v) is 7.20. The fourth-order valence-corrected chi connectivity index (χ4v) is 5.21. The van der Waals surface area contributed by atoms with Gasteiger partial charge in [0.1, 0.15) is 5.82 Å². The lowest BCUT2D eigenvalue weighted by atomic mass is 9.79. The Labute approximate surface area is 207 Å².